The van der Waals surface area contributed by atoms with E-state index in [0.29, 0.717) is 18.5 Å². The van der Waals surface area contributed by atoms with Gasteiger partial charge < -0.3 is 20.1 Å². The van der Waals surface area contributed by atoms with Crippen LogP contribution >= 0.6 is 20.0 Å². The van der Waals surface area contributed by atoms with Gasteiger partial charge in [-0.2, -0.15) is 0 Å². The molecule has 0 saturated carbocycles. The smallest absolute Gasteiger partial charge is 0.338 e. The molecule has 1 rings (SSSR count). The molecule has 1 aromatic carbocycles. The molecular formula is C15H26ClN2O4P. The summed E-state index contributed by atoms with van der Waals surface area (Å²) in [6.07, 6.45) is 0.846. The number of amides is 1. The minimum atomic E-state index is -3.50. The molecule has 0 unspecified atom stereocenters. The Bertz CT molecular complexity index is 492. The van der Waals surface area contributed by atoms with Gasteiger partial charge in [-0.15, -0.1) is 12.4 Å². The first-order valence-corrected chi connectivity index (χ1v) is 9.11. The van der Waals surface area contributed by atoms with Crippen molar-refractivity contribution in [2.45, 2.75) is 32.5 Å². The Labute approximate surface area is 144 Å². The van der Waals surface area contributed by atoms with Crippen molar-refractivity contribution >= 4 is 25.9 Å². The van der Waals surface area contributed by atoms with Crippen LogP contribution in [0.25, 0.3) is 0 Å². The Morgan fingerprint density at radius 3 is 2.26 bits per heavy atom. The van der Waals surface area contributed by atoms with Crippen LogP contribution < -0.4 is 11.1 Å². The summed E-state index contributed by atoms with van der Waals surface area (Å²) in [6.45, 7) is 4.38. The molecule has 3 N–H and O–H groups in total. The van der Waals surface area contributed by atoms with Gasteiger partial charge in [0.05, 0.1) is 13.2 Å². The van der Waals surface area contributed by atoms with Crippen LogP contribution in [0.2, 0.25) is 0 Å². The summed E-state index contributed by atoms with van der Waals surface area (Å²) in [5.41, 5.74) is 6.10. The van der Waals surface area contributed by atoms with E-state index in [2.05, 4.69) is 5.32 Å². The normalized spacial score (nSPS) is 12.3. The molecule has 0 fully saturated rings. The van der Waals surface area contributed by atoms with Gasteiger partial charge in [-0.05, 0) is 32.4 Å². The van der Waals surface area contributed by atoms with Crippen molar-refractivity contribution < 1.29 is 18.4 Å². The lowest BCUT2D eigenvalue weighted by atomic mass is 10.2. The van der Waals surface area contributed by atoms with E-state index < -0.39 is 13.4 Å². The molecule has 0 bridgehead atoms. The number of hydrogen-bond donors (Lipinski definition) is 2. The maximum atomic E-state index is 13.0. The van der Waals surface area contributed by atoms with Crippen LogP contribution in [-0.2, 0) is 18.4 Å². The van der Waals surface area contributed by atoms with Gasteiger partial charge in [0.15, 0.2) is 5.78 Å². The number of benzene rings is 1. The van der Waals surface area contributed by atoms with Crippen molar-refractivity contribution in [3.05, 3.63) is 35.9 Å². The molecule has 0 saturated heterocycles. The molecule has 6 nitrogen and oxygen atoms in total. The van der Waals surface area contributed by atoms with E-state index in [4.69, 9.17) is 14.8 Å². The first-order chi connectivity index (χ1) is 10.6. The number of nitrogens with one attached hydrogen (secondary N) is 1. The second-order valence-electron chi connectivity index (χ2n) is 4.65. The number of carbonyl (C=O) groups excluding carboxylic acids is 1. The molecule has 0 heterocycles. The molecule has 0 aliphatic carbocycles. The summed E-state index contributed by atoms with van der Waals surface area (Å²) in [7, 11) is -3.50. The number of carbonyl (C=O) groups is 1. The van der Waals surface area contributed by atoms with Gasteiger partial charge in [0.1, 0.15) is 0 Å². The molecule has 0 radical (unpaired) electrons. The highest BCUT2D eigenvalue weighted by Gasteiger charge is 2.37. The van der Waals surface area contributed by atoms with E-state index in [1.807, 2.05) is 18.2 Å². The van der Waals surface area contributed by atoms with E-state index in [0.717, 1.165) is 0 Å². The summed E-state index contributed by atoms with van der Waals surface area (Å²) in [5, 5.41) is 2.77. The number of nitrogens with two attached hydrogens (primary N) is 1. The van der Waals surface area contributed by atoms with Crippen molar-refractivity contribution in [3.63, 3.8) is 0 Å². The van der Waals surface area contributed by atoms with Gasteiger partial charge >= 0.3 is 7.60 Å². The molecule has 1 amide bonds. The minimum absolute atomic E-state index is 0. The SMILES string of the molecule is CCOP(=O)(OCC)[C@@H](NC(=O)CCCN)c1ccccc1.Cl. The monoisotopic (exact) mass is 364 g/mol. The summed E-state index contributed by atoms with van der Waals surface area (Å²) in [4.78, 5) is 12.0. The second kappa shape index (κ2) is 11.6. The third-order valence-corrected chi connectivity index (χ3v) is 5.25. The predicted octanol–water partition coefficient (Wildman–Crippen LogP) is 3.23. The van der Waals surface area contributed by atoms with E-state index >= 15 is 0 Å². The van der Waals surface area contributed by atoms with Crippen LogP contribution in [0.15, 0.2) is 30.3 Å². The van der Waals surface area contributed by atoms with Gasteiger partial charge in [-0.25, -0.2) is 0 Å². The van der Waals surface area contributed by atoms with E-state index in [-0.39, 0.29) is 37.9 Å². The first kappa shape index (κ1) is 22.1. The third-order valence-electron chi connectivity index (χ3n) is 2.96. The molecule has 0 aliphatic rings. The Hall–Kier alpha value is -0.910. The Kier molecular flexibility index (Phi) is 11.1. The Morgan fingerprint density at radius 1 is 1.22 bits per heavy atom. The van der Waals surface area contributed by atoms with Gasteiger partial charge in [0.25, 0.3) is 0 Å². The molecule has 0 aliphatic heterocycles. The van der Waals surface area contributed by atoms with Crippen molar-refractivity contribution in [3.8, 4) is 0 Å². The van der Waals surface area contributed by atoms with Crippen LogP contribution in [0, 0.1) is 0 Å². The van der Waals surface area contributed by atoms with E-state index in [9.17, 15) is 9.36 Å². The summed E-state index contributed by atoms with van der Waals surface area (Å²) >= 11 is 0. The first-order valence-electron chi connectivity index (χ1n) is 7.50. The molecule has 132 valence electrons. The number of rotatable bonds is 10. The zero-order valence-electron chi connectivity index (χ0n) is 13.6. The predicted molar refractivity (Wildman–Crippen MR) is 93.7 cm³/mol. The van der Waals surface area contributed by atoms with Gasteiger partial charge in [-0.3, -0.25) is 9.36 Å². The van der Waals surface area contributed by atoms with Crippen molar-refractivity contribution in [2.24, 2.45) is 5.73 Å². The highest BCUT2D eigenvalue weighted by atomic mass is 35.5. The maximum Gasteiger partial charge on any atom is 0.357 e. The quantitative estimate of drug-likeness (QED) is 0.622. The Morgan fingerprint density at radius 2 is 1.78 bits per heavy atom. The summed E-state index contributed by atoms with van der Waals surface area (Å²) < 4.78 is 23.8. The number of hydrogen-bond acceptors (Lipinski definition) is 5. The molecule has 0 aromatic heterocycles. The molecule has 0 spiro atoms. The van der Waals surface area contributed by atoms with E-state index in [1.165, 1.54) is 0 Å². The molecule has 1 atom stereocenters. The lowest BCUT2D eigenvalue weighted by Crippen LogP contribution is -2.30. The fraction of sp³-hybridized carbons (Fsp3) is 0.533. The van der Waals surface area contributed by atoms with Crippen LogP contribution in [-0.4, -0.2) is 25.7 Å². The lowest BCUT2D eigenvalue weighted by molar-refractivity contribution is -0.121. The average molecular weight is 365 g/mol. The van der Waals surface area contributed by atoms with Crippen LogP contribution in [0.3, 0.4) is 0 Å². The topological polar surface area (TPSA) is 90.6 Å². The highest BCUT2D eigenvalue weighted by Crippen LogP contribution is 2.59. The molecule has 8 heteroatoms. The zero-order chi connectivity index (χ0) is 16.4. The van der Waals surface area contributed by atoms with Crippen LogP contribution in [0.1, 0.15) is 38.0 Å². The standard InChI is InChI=1S/C15H25N2O4P.ClH/c1-3-20-22(19,21-4-2)15(13-9-6-5-7-10-13)17-14(18)11-8-12-16;/h5-7,9-10,15H,3-4,8,11-12,16H2,1-2H3,(H,17,18);1H/t15-;/m1./s1. The molecule has 23 heavy (non-hydrogen) atoms. The van der Waals surface area contributed by atoms with Gasteiger partial charge in [0, 0.05) is 6.42 Å². The fourth-order valence-electron chi connectivity index (χ4n) is 2.01. The Balaban J connectivity index is 0.00000484. The van der Waals surface area contributed by atoms with Crippen molar-refractivity contribution in [1.82, 2.24) is 5.32 Å². The third kappa shape index (κ3) is 7.02. The largest absolute Gasteiger partial charge is 0.357 e. The van der Waals surface area contributed by atoms with Crippen LogP contribution in [0.5, 0.6) is 0 Å². The van der Waals surface area contributed by atoms with Crippen LogP contribution in [0.4, 0.5) is 0 Å². The average Bonchev–Trinajstić information content (AvgIpc) is 2.52. The fourth-order valence-corrected chi connectivity index (χ4v) is 3.95. The zero-order valence-corrected chi connectivity index (χ0v) is 15.3. The second-order valence-corrected chi connectivity index (χ2v) is 6.76. The summed E-state index contributed by atoms with van der Waals surface area (Å²) in [6, 6.07) is 9.06. The minimum Gasteiger partial charge on any atom is -0.338 e. The van der Waals surface area contributed by atoms with E-state index in [1.54, 1.807) is 26.0 Å². The molecule has 1 aromatic rings. The maximum absolute atomic E-state index is 13.0. The highest BCUT2D eigenvalue weighted by molar-refractivity contribution is 7.54. The summed E-state index contributed by atoms with van der Waals surface area (Å²) in [5.74, 6) is -1.04. The van der Waals surface area contributed by atoms with Gasteiger partial charge in [-0.1, -0.05) is 30.3 Å². The van der Waals surface area contributed by atoms with Crippen molar-refractivity contribution in [2.75, 3.05) is 19.8 Å². The lowest BCUT2D eigenvalue weighted by Gasteiger charge is -2.27. The van der Waals surface area contributed by atoms with Crippen molar-refractivity contribution in [1.29, 1.82) is 0 Å². The molecular weight excluding hydrogens is 339 g/mol. The van der Waals surface area contributed by atoms with Gasteiger partial charge in [0.2, 0.25) is 5.91 Å². The number of halogens is 1.